The van der Waals surface area contributed by atoms with Gasteiger partial charge < -0.3 is 15.0 Å². The molecule has 5 nitrogen and oxygen atoms in total. The second kappa shape index (κ2) is 9.71. The van der Waals surface area contributed by atoms with E-state index >= 15 is 0 Å². The Kier molecular flexibility index (Phi) is 7.36. The number of aryl methyl sites for hydroxylation is 2. The van der Waals surface area contributed by atoms with Crippen molar-refractivity contribution in [3.05, 3.63) is 52.8 Å². The molecule has 0 bridgehead atoms. The molecule has 1 aliphatic heterocycles. The van der Waals surface area contributed by atoms with Crippen LogP contribution in [0.25, 0.3) is 0 Å². The van der Waals surface area contributed by atoms with Crippen molar-refractivity contribution in [2.45, 2.75) is 59.7 Å². The lowest BCUT2D eigenvalue weighted by Gasteiger charge is -2.25. The number of carbonyl (C=O) groups excluding carboxylic acids is 1. The van der Waals surface area contributed by atoms with Crippen molar-refractivity contribution in [1.82, 2.24) is 4.98 Å². The van der Waals surface area contributed by atoms with Gasteiger partial charge in [-0.15, -0.1) is 0 Å². The van der Waals surface area contributed by atoms with Crippen molar-refractivity contribution < 1.29 is 22.7 Å². The number of ether oxygens (including phenoxy) is 1. The van der Waals surface area contributed by atoms with Crippen molar-refractivity contribution in [3.8, 4) is 0 Å². The van der Waals surface area contributed by atoms with E-state index in [2.05, 4.69) is 15.2 Å². The van der Waals surface area contributed by atoms with Crippen LogP contribution >= 0.6 is 0 Å². The van der Waals surface area contributed by atoms with Gasteiger partial charge in [-0.3, -0.25) is 9.78 Å². The summed E-state index contributed by atoms with van der Waals surface area (Å²) in [5.41, 5.74) is 3.27. The highest BCUT2D eigenvalue weighted by Gasteiger charge is 2.33. The maximum Gasteiger partial charge on any atom is 0.433 e. The van der Waals surface area contributed by atoms with Crippen molar-refractivity contribution in [2.24, 2.45) is 5.41 Å². The number of pyridine rings is 1. The summed E-state index contributed by atoms with van der Waals surface area (Å²) in [4.78, 5) is 18.0. The Balaban J connectivity index is 1.72. The number of aromatic nitrogens is 1. The molecule has 2 heterocycles. The second-order valence-electron chi connectivity index (χ2n) is 9.85. The number of alkyl halides is 3. The van der Waals surface area contributed by atoms with Gasteiger partial charge in [0.1, 0.15) is 5.69 Å². The quantitative estimate of drug-likeness (QED) is 0.599. The molecule has 0 spiro atoms. The summed E-state index contributed by atoms with van der Waals surface area (Å²) in [7, 11) is 0. The minimum Gasteiger partial charge on any atom is -0.372 e. The first-order valence-electron chi connectivity index (χ1n) is 11.1. The first-order chi connectivity index (χ1) is 15.3. The molecule has 1 N–H and O–H groups in total. The average Bonchev–Trinajstić information content (AvgIpc) is 2.95. The molecule has 1 aromatic heterocycles. The molecule has 1 aliphatic rings. The Morgan fingerprint density at radius 1 is 1.15 bits per heavy atom. The summed E-state index contributed by atoms with van der Waals surface area (Å²) in [5, 5.41) is 3.04. The Morgan fingerprint density at radius 2 is 1.82 bits per heavy atom. The minimum absolute atomic E-state index is 0.0111. The zero-order valence-corrected chi connectivity index (χ0v) is 19.8. The van der Waals surface area contributed by atoms with Crippen LogP contribution in [-0.4, -0.2) is 30.6 Å². The van der Waals surface area contributed by atoms with Gasteiger partial charge in [0.05, 0.1) is 12.7 Å². The topological polar surface area (TPSA) is 54.5 Å². The van der Waals surface area contributed by atoms with Crippen LogP contribution in [0.4, 0.5) is 24.5 Å². The van der Waals surface area contributed by atoms with Gasteiger partial charge in [-0.25, -0.2) is 0 Å². The second-order valence-corrected chi connectivity index (χ2v) is 9.85. The number of anilines is 2. The maximum atomic E-state index is 13.0. The first-order valence-corrected chi connectivity index (χ1v) is 11.1. The van der Waals surface area contributed by atoms with E-state index in [1.165, 1.54) is 6.20 Å². The normalized spacial score (nSPS) is 17.6. The van der Waals surface area contributed by atoms with Gasteiger partial charge in [0.15, 0.2) is 0 Å². The van der Waals surface area contributed by atoms with Crippen LogP contribution in [0.1, 0.15) is 62.1 Å². The van der Waals surface area contributed by atoms with Crippen molar-refractivity contribution >= 4 is 17.3 Å². The van der Waals surface area contributed by atoms with Crippen LogP contribution in [0.3, 0.4) is 0 Å². The van der Waals surface area contributed by atoms with Gasteiger partial charge in [-0.1, -0.05) is 20.8 Å². The van der Waals surface area contributed by atoms with Crippen molar-refractivity contribution in [2.75, 3.05) is 29.9 Å². The van der Waals surface area contributed by atoms with Crippen LogP contribution in [0.2, 0.25) is 0 Å². The molecule has 0 saturated carbocycles. The van der Waals surface area contributed by atoms with Crippen LogP contribution in [0.5, 0.6) is 0 Å². The molecule has 180 valence electrons. The number of nitrogens with zero attached hydrogens (tertiary/aromatic N) is 2. The Bertz CT molecular complexity index is 976. The van der Waals surface area contributed by atoms with Gasteiger partial charge in [0, 0.05) is 37.1 Å². The summed E-state index contributed by atoms with van der Waals surface area (Å²) < 4.78 is 45.0. The minimum atomic E-state index is -4.48. The Labute approximate surface area is 193 Å². The Morgan fingerprint density at radius 3 is 2.42 bits per heavy atom. The Hall–Kier alpha value is -2.61. The summed E-state index contributed by atoms with van der Waals surface area (Å²) in [6, 6.07) is 6.73. The van der Waals surface area contributed by atoms with Gasteiger partial charge >= 0.3 is 6.18 Å². The maximum absolute atomic E-state index is 13.0. The van der Waals surface area contributed by atoms with Gasteiger partial charge in [0.25, 0.3) is 0 Å². The predicted molar refractivity (Wildman–Crippen MR) is 123 cm³/mol. The van der Waals surface area contributed by atoms with E-state index < -0.39 is 18.0 Å². The van der Waals surface area contributed by atoms with Gasteiger partial charge in [0.2, 0.25) is 5.91 Å². The predicted octanol–water partition coefficient (Wildman–Crippen LogP) is 6.06. The fourth-order valence-corrected chi connectivity index (χ4v) is 4.08. The van der Waals surface area contributed by atoms with Crippen molar-refractivity contribution in [1.29, 1.82) is 0 Å². The number of halogens is 3. The third-order valence-corrected chi connectivity index (χ3v) is 5.63. The van der Waals surface area contributed by atoms with Crippen LogP contribution in [0, 0.1) is 19.3 Å². The van der Waals surface area contributed by atoms with E-state index in [-0.39, 0.29) is 11.3 Å². The third-order valence-electron chi connectivity index (χ3n) is 5.63. The summed E-state index contributed by atoms with van der Waals surface area (Å²) >= 11 is 0. The molecule has 0 aliphatic carbocycles. The molecule has 3 rings (SSSR count). The van der Waals surface area contributed by atoms with Crippen LogP contribution in [0.15, 0.2) is 30.5 Å². The molecule has 1 fully saturated rings. The summed E-state index contributed by atoms with van der Waals surface area (Å²) in [5.74, 6) is -0.0111. The highest BCUT2D eigenvalue weighted by Crippen LogP contribution is 2.33. The fraction of sp³-hybridized carbons (Fsp3) is 0.520. The molecular formula is C25H32F3N3O2. The molecule has 1 aromatic carbocycles. The molecule has 1 atom stereocenters. The SMILES string of the molecule is Cc1cc(N2CCO[C@H](c3ccnc(C(F)(F)F)c3)CC2)cc(C)c1NC(=O)CC(C)(C)C. The van der Waals surface area contributed by atoms with Gasteiger partial charge in [-0.05, 0) is 66.6 Å². The first kappa shape index (κ1) is 25.0. The number of benzene rings is 1. The number of nitrogens with one attached hydrogen (secondary N) is 1. The molecule has 8 heteroatoms. The zero-order valence-electron chi connectivity index (χ0n) is 19.8. The molecule has 1 saturated heterocycles. The molecule has 0 unspecified atom stereocenters. The lowest BCUT2D eigenvalue weighted by Crippen LogP contribution is -2.26. The molecule has 2 aromatic rings. The smallest absolute Gasteiger partial charge is 0.372 e. The molecule has 1 amide bonds. The number of carbonyl (C=O) groups is 1. The number of amides is 1. The van der Waals surface area contributed by atoms with E-state index in [1.54, 1.807) is 6.07 Å². The molecular weight excluding hydrogens is 431 g/mol. The molecule has 33 heavy (non-hydrogen) atoms. The standard InChI is InChI=1S/C25H32F3N3O2/c1-16-12-19(13-17(2)23(16)30-22(32)15-24(3,4)5)31-9-7-20(33-11-10-31)18-6-8-29-21(14-18)25(26,27)28/h6,8,12-14,20H,7,9-11,15H2,1-5H3,(H,30,32)/t20-/m0/s1. The lowest BCUT2D eigenvalue weighted by atomic mass is 9.92. The van der Waals surface area contributed by atoms with E-state index in [4.69, 9.17) is 4.74 Å². The van der Waals surface area contributed by atoms with E-state index in [0.717, 1.165) is 28.6 Å². The monoisotopic (exact) mass is 463 g/mol. The third kappa shape index (κ3) is 6.69. The average molecular weight is 464 g/mol. The highest BCUT2D eigenvalue weighted by atomic mass is 19.4. The van der Waals surface area contributed by atoms with E-state index in [1.807, 2.05) is 46.8 Å². The number of hydrogen-bond donors (Lipinski definition) is 1. The lowest BCUT2D eigenvalue weighted by molar-refractivity contribution is -0.141. The zero-order chi connectivity index (χ0) is 24.4. The summed E-state index contributed by atoms with van der Waals surface area (Å²) in [6.07, 6.45) is -2.72. The number of hydrogen-bond acceptors (Lipinski definition) is 4. The van der Waals surface area contributed by atoms with Crippen molar-refractivity contribution in [3.63, 3.8) is 0 Å². The van der Waals surface area contributed by atoms with E-state index in [0.29, 0.717) is 38.1 Å². The number of rotatable bonds is 4. The highest BCUT2D eigenvalue weighted by molar-refractivity contribution is 5.93. The fourth-order valence-electron chi connectivity index (χ4n) is 4.08. The van der Waals surface area contributed by atoms with Gasteiger partial charge in [-0.2, -0.15) is 13.2 Å². The van der Waals surface area contributed by atoms with Crippen LogP contribution in [-0.2, 0) is 15.7 Å². The largest absolute Gasteiger partial charge is 0.433 e. The molecule has 0 radical (unpaired) electrons. The summed E-state index contributed by atoms with van der Waals surface area (Å²) in [6.45, 7) is 11.7. The van der Waals surface area contributed by atoms with Crippen LogP contribution < -0.4 is 10.2 Å². The van der Waals surface area contributed by atoms with E-state index in [9.17, 15) is 18.0 Å².